The van der Waals surface area contributed by atoms with Gasteiger partial charge in [-0.05, 0) is 120 Å². The van der Waals surface area contributed by atoms with Crippen molar-refractivity contribution >= 4 is 70.1 Å². The fraction of sp³-hybridized carbons (Fsp3) is 0.107. The summed E-state index contributed by atoms with van der Waals surface area (Å²) >= 11 is 1.89. The molecular formula is C56H41NS. The number of benzene rings is 9. The summed E-state index contributed by atoms with van der Waals surface area (Å²) in [5.74, 6) is 0. The summed E-state index contributed by atoms with van der Waals surface area (Å²) in [4.78, 5) is 2.54. The molecule has 1 heterocycles. The third-order valence-electron chi connectivity index (χ3n) is 13.4. The molecular weight excluding hydrogens is 719 g/mol. The molecule has 0 saturated carbocycles. The van der Waals surface area contributed by atoms with Crippen molar-refractivity contribution in [3.63, 3.8) is 0 Å². The Morgan fingerprint density at radius 1 is 0.414 bits per heavy atom. The first kappa shape index (κ1) is 33.6. The molecule has 0 bridgehead atoms. The molecule has 10 aromatic rings. The highest BCUT2D eigenvalue weighted by Gasteiger charge is 2.37. The highest BCUT2D eigenvalue weighted by Crippen LogP contribution is 2.55. The standard InChI is InChI=1S/C56H41NS/c1-55(2)47-30-27-38(32-45(47)53-40(28-25-35-15-11-20-48(55)52(35)53)37-24-23-34-13-5-6-14-36(34)31-37)57(50-21-12-18-44-43-17-8-10-22-51(43)58-54(44)50)39-26-29-42-41-16-7-9-19-46(41)56(3,4)49(42)33-39/h5-33H,1-4H3. The van der Waals surface area contributed by atoms with Gasteiger partial charge in [0.05, 0.1) is 10.4 Å². The Kier molecular flexibility index (Phi) is 6.97. The topological polar surface area (TPSA) is 3.24 Å². The molecule has 0 fully saturated rings. The normalized spacial score (nSPS) is 14.5. The van der Waals surface area contributed by atoms with E-state index in [1.807, 2.05) is 11.3 Å². The third kappa shape index (κ3) is 4.64. The summed E-state index contributed by atoms with van der Waals surface area (Å²) in [5.41, 5.74) is 16.6. The van der Waals surface area contributed by atoms with Gasteiger partial charge in [-0.25, -0.2) is 0 Å². The molecule has 0 N–H and O–H groups in total. The SMILES string of the molecule is CC1(C)c2ccccc2-c2ccc(N(c3ccc4c(c3)-c3c(-c5ccc6ccccc6c5)ccc5cccc(c35)C4(C)C)c3cccc4c3sc3ccccc34)cc21. The molecule has 0 atom stereocenters. The van der Waals surface area contributed by atoms with Gasteiger partial charge in [0.1, 0.15) is 0 Å². The van der Waals surface area contributed by atoms with E-state index >= 15 is 0 Å². The molecule has 0 aliphatic heterocycles. The lowest BCUT2D eigenvalue weighted by Gasteiger charge is -2.37. The summed E-state index contributed by atoms with van der Waals surface area (Å²) in [6.07, 6.45) is 0. The molecule has 276 valence electrons. The molecule has 2 aliphatic rings. The Bertz CT molecular complexity index is 3360. The van der Waals surface area contributed by atoms with Crippen molar-refractivity contribution in [1.82, 2.24) is 0 Å². The lowest BCUT2D eigenvalue weighted by atomic mass is 9.67. The van der Waals surface area contributed by atoms with Crippen molar-refractivity contribution in [2.45, 2.75) is 38.5 Å². The van der Waals surface area contributed by atoms with Gasteiger partial charge in [-0.1, -0.05) is 161 Å². The van der Waals surface area contributed by atoms with Crippen LogP contribution in [-0.4, -0.2) is 0 Å². The van der Waals surface area contributed by atoms with E-state index in [1.165, 1.54) is 109 Å². The minimum atomic E-state index is -0.192. The maximum absolute atomic E-state index is 2.54. The first-order chi connectivity index (χ1) is 28.3. The fourth-order valence-corrected chi connectivity index (χ4v) is 11.7. The second kappa shape index (κ2) is 12.0. The minimum absolute atomic E-state index is 0.120. The zero-order valence-electron chi connectivity index (χ0n) is 33.1. The third-order valence-corrected chi connectivity index (χ3v) is 14.6. The van der Waals surface area contributed by atoms with Crippen LogP contribution in [0, 0.1) is 0 Å². The second-order valence-corrected chi connectivity index (χ2v) is 18.3. The largest absolute Gasteiger partial charge is 0.309 e. The van der Waals surface area contributed by atoms with E-state index in [1.54, 1.807) is 0 Å². The van der Waals surface area contributed by atoms with E-state index < -0.39 is 0 Å². The van der Waals surface area contributed by atoms with Gasteiger partial charge >= 0.3 is 0 Å². The average Bonchev–Trinajstić information content (AvgIpc) is 3.75. The zero-order valence-corrected chi connectivity index (χ0v) is 33.9. The molecule has 9 aromatic carbocycles. The molecule has 2 aliphatic carbocycles. The van der Waals surface area contributed by atoms with Gasteiger partial charge in [-0.15, -0.1) is 11.3 Å². The van der Waals surface area contributed by atoms with Crippen LogP contribution in [0.2, 0.25) is 0 Å². The van der Waals surface area contributed by atoms with Gasteiger partial charge in [-0.2, -0.15) is 0 Å². The lowest BCUT2D eigenvalue weighted by Crippen LogP contribution is -2.24. The predicted octanol–water partition coefficient (Wildman–Crippen LogP) is 16.1. The molecule has 2 heteroatoms. The van der Waals surface area contributed by atoms with Crippen LogP contribution < -0.4 is 4.90 Å². The number of thiophene rings is 1. The Labute approximate surface area is 343 Å². The highest BCUT2D eigenvalue weighted by molar-refractivity contribution is 7.26. The van der Waals surface area contributed by atoms with Crippen molar-refractivity contribution in [3.05, 3.63) is 198 Å². The maximum atomic E-state index is 2.54. The van der Waals surface area contributed by atoms with Crippen molar-refractivity contribution in [2.24, 2.45) is 0 Å². The van der Waals surface area contributed by atoms with Crippen LogP contribution in [0.25, 0.3) is 75.1 Å². The number of anilines is 3. The van der Waals surface area contributed by atoms with Crippen molar-refractivity contribution in [3.8, 4) is 33.4 Å². The summed E-state index contributed by atoms with van der Waals surface area (Å²) in [5, 5.41) is 7.78. The van der Waals surface area contributed by atoms with E-state index in [4.69, 9.17) is 0 Å². The maximum Gasteiger partial charge on any atom is 0.0640 e. The van der Waals surface area contributed by atoms with E-state index in [9.17, 15) is 0 Å². The molecule has 0 amide bonds. The Morgan fingerprint density at radius 2 is 1.05 bits per heavy atom. The Balaban J connectivity index is 1.14. The second-order valence-electron chi connectivity index (χ2n) is 17.3. The van der Waals surface area contributed by atoms with E-state index in [0.717, 1.165) is 5.69 Å². The number of fused-ring (bicyclic) bond motifs is 9. The molecule has 58 heavy (non-hydrogen) atoms. The minimum Gasteiger partial charge on any atom is -0.309 e. The van der Waals surface area contributed by atoms with Crippen LogP contribution in [0.3, 0.4) is 0 Å². The number of hydrogen-bond acceptors (Lipinski definition) is 2. The Morgan fingerprint density at radius 3 is 1.97 bits per heavy atom. The molecule has 0 spiro atoms. The van der Waals surface area contributed by atoms with Crippen LogP contribution in [-0.2, 0) is 10.8 Å². The monoisotopic (exact) mass is 759 g/mol. The summed E-state index contributed by atoms with van der Waals surface area (Å²) in [7, 11) is 0. The van der Waals surface area contributed by atoms with Crippen LogP contribution in [0.1, 0.15) is 49.9 Å². The van der Waals surface area contributed by atoms with Gasteiger partial charge in [0, 0.05) is 37.7 Å². The number of hydrogen-bond donors (Lipinski definition) is 0. The summed E-state index contributed by atoms with van der Waals surface area (Å²) in [6.45, 7) is 9.57. The van der Waals surface area contributed by atoms with Crippen molar-refractivity contribution < 1.29 is 0 Å². The van der Waals surface area contributed by atoms with Crippen LogP contribution in [0.15, 0.2) is 176 Å². The van der Waals surface area contributed by atoms with E-state index in [-0.39, 0.29) is 10.8 Å². The summed E-state index contributed by atoms with van der Waals surface area (Å²) in [6, 6.07) is 66.4. The zero-order chi connectivity index (χ0) is 38.9. The highest BCUT2D eigenvalue weighted by atomic mass is 32.1. The van der Waals surface area contributed by atoms with Crippen molar-refractivity contribution in [1.29, 1.82) is 0 Å². The van der Waals surface area contributed by atoms with E-state index in [2.05, 4.69) is 209 Å². The fourth-order valence-electron chi connectivity index (χ4n) is 10.5. The molecule has 0 radical (unpaired) electrons. The van der Waals surface area contributed by atoms with Gasteiger partial charge in [0.25, 0.3) is 0 Å². The van der Waals surface area contributed by atoms with Gasteiger partial charge in [0.15, 0.2) is 0 Å². The van der Waals surface area contributed by atoms with Crippen LogP contribution in [0.5, 0.6) is 0 Å². The molecule has 0 unspecified atom stereocenters. The molecule has 1 nitrogen and oxygen atoms in total. The van der Waals surface area contributed by atoms with Crippen LogP contribution >= 0.6 is 11.3 Å². The van der Waals surface area contributed by atoms with Crippen LogP contribution in [0.4, 0.5) is 17.1 Å². The number of nitrogens with zero attached hydrogens (tertiary/aromatic N) is 1. The van der Waals surface area contributed by atoms with Crippen molar-refractivity contribution in [2.75, 3.05) is 4.90 Å². The van der Waals surface area contributed by atoms with Gasteiger partial charge < -0.3 is 4.90 Å². The molecule has 12 rings (SSSR count). The van der Waals surface area contributed by atoms with Gasteiger partial charge in [-0.3, -0.25) is 0 Å². The van der Waals surface area contributed by atoms with E-state index in [0.29, 0.717) is 0 Å². The quantitative estimate of drug-likeness (QED) is 0.173. The Hall–Kier alpha value is -6.48. The number of rotatable bonds is 4. The lowest BCUT2D eigenvalue weighted by molar-refractivity contribution is 0.645. The van der Waals surface area contributed by atoms with Gasteiger partial charge in [0.2, 0.25) is 0 Å². The predicted molar refractivity (Wildman–Crippen MR) is 250 cm³/mol. The average molecular weight is 760 g/mol. The first-order valence-electron chi connectivity index (χ1n) is 20.4. The summed E-state index contributed by atoms with van der Waals surface area (Å²) < 4.78 is 2.61. The smallest absolute Gasteiger partial charge is 0.0640 e. The first-order valence-corrected chi connectivity index (χ1v) is 21.2. The molecule has 1 aromatic heterocycles. The molecule has 0 saturated heterocycles.